The van der Waals surface area contributed by atoms with Crippen LogP contribution in [0, 0.1) is 0 Å². The second kappa shape index (κ2) is 2.60. The van der Waals surface area contributed by atoms with Crippen LogP contribution in [0.1, 0.15) is 0 Å². The molecule has 2 heterocycles. The Bertz CT molecular complexity index is 398. The Kier molecular flexibility index (Phi) is 1.72. The Balaban J connectivity index is 2.86. The van der Waals surface area contributed by atoms with Crippen molar-refractivity contribution in [1.29, 1.82) is 0 Å². The molecule has 2 aromatic heterocycles. The normalized spacial score (nSPS) is 10.7. The fourth-order valence-corrected chi connectivity index (χ4v) is 1.54. The molecule has 0 amide bonds. The summed E-state index contributed by atoms with van der Waals surface area (Å²) in [4.78, 5) is 7.89. The SMILES string of the molecule is Clc1ncc2c(ccn2I)n1. The lowest BCUT2D eigenvalue weighted by atomic mass is 10.5. The summed E-state index contributed by atoms with van der Waals surface area (Å²) < 4.78 is 1.92. The molecule has 0 atom stereocenters. The summed E-state index contributed by atoms with van der Waals surface area (Å²) in [6.07, 6.45) is 3.62. The largest absolute Gasteiger partial charge is 0.286 e. The van der Waals surface area contributed by atoms with Gasteiger partial charge in [-0.3, -0.25) is 2.78 Å². The molecule has 0 aliphatic rings. The number of nitrogens with zero attached hydrogens (tertiary/aromatic N) is 3. The van der Waals surface area contributed by atoms with E-state index in [2.05, 4.69) is 32.8 Å². The lowest BCUT2D eigenvalue weighted by Gasteiger charge is -1.91. The third-order valence-corrected chi connectivity index (χ3v) is 2.39. The molecule has 0 fully saturated rings. The number of fused-ring (bicyclic) bond motifs is 1. The van der Waals surface area contributed by atoms with E-state index in [1.54, 1.807) is 6.20 Å². The molecule has 11 heavy (non-hydrogen) atoms. The highest BCUT2D eigenvalue weighted by atomic mass is 127. The zero-order chi connectivity index (χ0) is 7.84. The predicted molar refractivity (Wildman–Crippen MR) is 52.0 cm³/mol. The van der Waals surface area contributed by atoms with Crippen molar-refractivity contribution in [3.05, 3.63) is 23.7 Å². The molecule has 3 nitrogen and oxygen atoms in total. The molecule has 0 N–H and O–H groups in total. The van der Waals surface area contributed by atoms with E-state index in [-0.39, 0.29) is 0 Å². The summed E-state index contributed by atoms with van der Waals surface area (Å²) in [6, 6.07) is 1.90. The Morgan fingerprint density at radius 1 is 1.55 bits per heavy atom. The van der Waals surface area contributed by atoms with Gasteiger partial charge in [-0.2, -0.15) is 0 Å². The van der Waals surface area contributed by atoms with Gasteiger partial charge in [0.1, 0.15) is 0 Å². The minimum absolute atomic E-state index is 0.292. The molecule has 2 rings (SSSR count). The standard InChI is InChI=1S/C6H3ClIN3/c7-6-9-3-5-4(10-6)1-2-11(5)8/h1-3H. The van der Waals surface area contributed by atoms with Crippen LogP contribution in [0.25, 0.3) is 11.0 Å². The molecule has 56 valence electrons. The van der Waals surface area contributed by atoms with Crippen molar-refractivity contribution >= 4 is 45.5 Å². The number of halogens is 2. The summed E-state index contributed by atoms with van der Waals surface area (Å²) in [6.45, 7) is 0. The molecule has 0 unspecified atom stereocenters. The summed E-state index contributed by atoms with van der Waals surface area (Å²) in [5.74, 6) is 0. The number of hydrogen-bond donors (Lipinski definition) is 0. The minimum Gasteiger partial charge on any atom is -0.286 e. The first kappa shape index (κ1) is 7.30. The topological polar surface area (TPSA) is 30.7 Å². The van der Waals surface area contributed by atoms with Crippen molar-refractivity contribution in [2.45, 2.75) is 0 Å². The maximum absolute atomic E-state index is 5.59. The Morgan fingerprint density at radius 3 is 3.18 bits per heavy atom. The van der Waals surface area contributed by atoms with Crippen LogP contribution in [0.2, 0.25) is 5.28 Å². The second-order valence-electron chi connectivity index (χ2n) is 2.04. The van der Waals surface area contributed by atoms with Gasteiger partial charge in [0, 0.05) is 6.20 Å². The van der Waals surface area contributed by atoms with Crippen LogP contribution in [0.3, 0.4) is 0 Å². The lowest BCUT2D eigenvalue weighted by Crippen LogP contribution is -1.82. The van der Waals surface area contributed by atoms with Gasteiger partial charge in [0.15, 0.2) is 0 Å². The highest BCUT2D eigenvalue weighted by molar-refractivity contribution is 14.1. The molecular weight excluding hydrogens is 276 g/mol. The van der Waals surface area contributed by atoms with Crippen LogP contribution < -0.4 is 0 Å². The molecule has 0 aromatic carbocycles. The van der Waals surface area contributed by atoms with Crippen LogP contribution in [0.4, 0.5) is 0 Å². The summed E-state index contributed by atoms with van der Waals surface area (Å²) in [5, 5.41) is 0.292. The van der Waals surface area contributed by atoms with Crippen molar-refractivity contribution < 1.29 is 0 Å². The average molecular weight is 279 g/mol. The third kappa shape index (κ3) is 1.20. The van der Waals surface area contributed by atoms with E-state index in [4.69, 9.17) is 11.6 Å². The van der Waals surface area contributed by atoms with E-state index in [1.165, 1.54) is 0 Å². The van der Waals surface area contributed by atoms with Crippen molar-refractivity contribution in [3.63, 3.8) is 0 Å². The van der Waals surface area contributed by atoms with Crippen LogP contribution in [0.5, 0.6) is 0 Å². The molecular formula is C6H3ClIN3. The average Bonchev–Trinajstić information content (AvgIpc) is 2.32. The van der Waals surface area contributed by atoms with Crippen LogP contribution in [-0.4, -0.2) is 12.7 Å². The maximum Gasteiger partial charge on any atom is 0.223 e. The Labute approximate surface area is 81.9 Å². The number of aromatic nitrogens is 3. The van der Waals surface area contributed by atoms with Crippen LogP contribution in [-0.2, 0) is 0 Å². The first-order chi connectivity index (χ1) is 5.27. The highest BCUT2D eigenvalue weighted by Crippen LogP contribution is 2.15. The summed E-state index contributed by atoms with van der Waals surface area (Å²) >= 11 is 7.75. The van der Waals surface area contributed by atoms with E-state index in [0.29, 0.717) is 5.28 Å². The number of hydrogen-bond acceptors (Lipinski definition) is 2. The van der Waals surface area contributed by atoms with Gasteiger partial charge in [-0.15, -0.1) is 0 Å². The Hall–Kier alpha value is -0.360. The fourth-order valence-electron chi connectivity index (χ4n) is 0.870. The van der Waals surface area contributed by atoms with Crippen molar-refractivity contribution in [3.8, 4) is 0 Å². The number of rotatable bonds is 0. The quantitative estimate of drug-likeness (QED) is 0.547. The van der Waals surface area contributed by atoms with Gasteiger partial charge in [0.05, 0.1) is 40.1 Å². The second-order valence-corrected chi connectivity index (χ2v) is 3.41. The van der Waals surface area contributed by atoms with E-state index in [9.17, 15) is 0 Å². The van der Waals surface area contributed by atoms with Gasteiger partial charge in [-0.25, -0.2) is 9.97 Å². The molecule has 0 spiro atoms. The molecule has 0 aliphatic heterocycles. The maximum atomic E-state index is 5.59. The van der Waals surface area contributed by atoms with Gasteiger partial charge < -0.3 is 0 Å². The monoisotopic (exact) mass is 279 g/mol. The van der Waals surface area contributed by atoms with Crippen LogP contribution >= 0.6 is 34.5 Å². The van der Waals surface area contributed by atoms with Crippen molar-refractivity contribution in [2.24, 2.45) is 0 Å². The summed E-state index contributed by atoms with van der Waals surface area (Å²) in [7, 11) is 0. The van der Waals surface area contributed by atoms with E-state index >= 15 is 0 Å². The van der Waals surface area contributed by atoms with Gasteiger partial charge in [0.25, 0.3) is 0 Å². The fraction of sp³-hybridized carbons (Fsp3) is 0. The molecule has 0 saturated carbocycles. The molecule has 2 aromatic rings. The molecule has 0 radical (unpaired) electrons. The third-order valence-electron chi connectivity index (χ3n) is 1.36. The molecule has 0 saturated heterocycles. The van der Waals surface area contributed by atoms with Gasteiger partial charge in [-0.1, -0.05) is 0 Å². The van der Waals surface area contributed by atoms with E-state index in [1.807, 2.05) is 15.0 Å². The Morgan fingerprint density at radius 2 is 2.36 bits per heavy atom. The predicted octanol–water partition coefficient (Wildman–Crippen LogP) is 2.28. The van der Waals surface area contributed by atoms with E-state index < -0.39 is 0 Å². The minimum atomic E-state index is 0.292. The molecule has 5 heteroatoms. The molecule has 0 bridgehead atoms. The smallest absolute Gasteiger partial charge is 0.223 e. The first-order valence-electron chi connectivity index (χ1n) is 2.93. The zero-order valence-electron chi connectivity index (χ0n) is 5.33. The summed E-state index contributed by atoms with van der Waals surface area (Å²) in [5.41, 5.74) is 1.86. The van der Waals surface area contributed by atoms with Crippen molar-refractivity contribution in [1.82, 2.24) is 12.7 Å². The lowest BCUT2D eigenvalue weighted by molar-refractivity contribution is 1.21. The van der Waals surface area contributed by atoms with Gasteiger partial charge in [0.2, 0.25) is 5.28 Å². The van der Waals surface area contributed by atoms with Gasteiger partial charge >= 0.3 is 0 Å². The van der Waals surface area contributed by atoms with Crippen molar-refractivity contribution in [2.75, 3.05) is 0 Å². The highest BCUT2D eigenvalue weighted by Gasteiger charge is 2.00. The van der Waals surface area contributed by atoms with E-state index in [0.717, 1.165) is 11.0 Å². The van der Waals surface area contributed by atoms with Crippen LogP contribution in [0.15, 0.2) is 18.5 Å². The molecule has 0 aliphatic carbocycles. The zero-order valence-corrected chi connectivity index (χ0v) is 8.24. The van der Waals surface area contributed by atoms with Gasteiger partial charge in [-0.05, 0) is 17.7 Å². The first-order valence-corrected chi connectivity index (χ1v) is 4.27.